The lowest BCUT2D eigenvalue weighted by atomic mass is 9.47. The summed E-state index contributed by atoms with van der Waals surface area (Å²) in [5.74, 6) is 0.958. The predicted octanol–water partition coefficient (Wildman–Crippen LogP) is 2.87. The molecule has 0 unspecified atom stereocenters. The van der Waals surface area contributed by atoms with Crippen molar-refractivity contribution >= 4 is 11.6 Å². The Hall–Kier alpha value is -1.44. The molecule has 0 bridgehead atoms. The molecule has 1 aromatic rings. The first kappa shape index (κ1) is 9.58. The normalized spacial score (nSPS) is 38.1. The number of hydrogen-bond acceptors (Lipinski definition) is 2. The Balaban J connectivity index is 1.95. The Morgan fingerprint density at radius 2 is 1.88 bits per heavy atom. The SMILES string of the molecule is O=C1c2ccccc2C(=O)[C@]23CCC[C@H]2C[C@H]13. The van der Waals surface area contributed by atoms with Gasteiger partial charge in [-0.15, -0.1) is 0 Å². The van der Waals surface area contributed by atoms with Crippen molar-refractivity contribution in [2.24, 2.45) is 17.3 Å². The number of rotatable bonds is 0. The maximum atomic E-state index is 12.7. The summed E-state index contributed by atoms with van der Waals surface area (Å²) < 4.78 is 0. The average Bonchev–Trinajstić information content (AvgIpc) is 2.64. The highest BCUT2D eigenvalue weighted by Crippen LogP contribution is 2.65. The molecule has 17 heavy (non-hydrogen) atoms. The number of Topliss-reactive ketones (excluding diaryl/α,β-unsaturated/α-hetero) is 2. The first-order chi connectivity index (χ1) is 8.25. The van der Waals surface area contributed by atoms with Gasteiger partial charge in [-0.25, -0.2) is 0 Å². The molecule has 2 heteroatoms. The van der Waals surface area contributed by atoms with Crippen LogP contribution < -0.4 is 0 Å². The number of benzene rings is 1. The summed E-state index contributed by atoms with van der Waals surface area (Å²) in [5, 5.41) is 0. The molecular weight excluding hydrogens is 212 g/mol. The summed E-state index contributed by atoms with van der Waals surface area (Å²) in [7, 11) is 0. The maximum absolute atomic E-state index is 12.7. The molecule has 1 aromatic carbocycles. The molecule has 3 aliphatic rings. The molecule has 1 spiro atoms. The van der Waals surface area contributed by atoms with Crippen molar-refractivity contribution in [1.82, 2.24) is 0 Å². The highest BCUT2D eigenvalue weighted by Gasteiger charge is 2.66. The monoisotopic (exact) mass is 226 g/mol. The van der Waals surface area contributed by atoms with Crippen LogP contribution in [0.15, 0.2) is 24.3 Å². The van der Waals surface area contributed by atoms with Gasteiger partial charge < -0.3 is 0 Å². The standard InChI is InChI=1S/C15H14O2/c16-13-10-5-1-2-6-11(10)14(17)15-7-3-4-9(15)8-12(13)15/h1-2,5-6,9,12H,3-4,7-8H2/t9-,12+,15+/m0/s1. The van der Waals surface area contributed by atoms with Crippen LogP contribution in [0.5, 0.6) is 0 Å². The van der Waals surface area contributed by atoms with E-state index in [1.54, 1.807) is 0 Å². The van der Waals surface area contributed by atoms with Gasteiger partial charge >= 0.3 is 0 Å². The van der Waals surface area contributed by atoms with E-state index in [1.807, 2.05) is 24.3 Å². The molecule has 2 nitrogen and oxygen atoms in total. The summed E-state index contributed by atoms with van der Waals surface area (Å²) in [6.07, 6.45) is 4.13. The third-order valence-electron chi connectivity index (χ3n) is 5.19. The van der Waals surface area contributed by atoms with Crippen molar-refractivity contribution in [1.29, 1.82) is 0 Å². The zero-order valence-electron chi connectivity index (χ0n) is 9.61. The third-order valence-corrected chi connectivity index (χ3v) is 5.19. The summed E-state index contributed by atoms with van der Waals surface area (Å²) >= 11 is 0. The lowest BCUT2D eigenvalue weighted by Gasteiger charge is -2.53. The van der Waals surface area contributed by atoms with Crippen molar-refractivity contribution in [3.05, 3.63) is 35.4 Å². The van der Waals surface area contributed by atoms with E-state index in [-0.39, 0.29) is 22.9 Å². The van der Waals surface area contributed by atoms with E-state index >= 15 is 0 Å². The highest BCUT2D eigenvalue weighted by atomic mass is 16.1. The molecule has 0 N–H and O–H groups in total. The molecule has 0 amide bonds. The first-order valence-corrected chi connectivity index (χ1v) is 6.43. The van der Waals surface area contributed by atoms with Crippen LogP contribution in [0.4, 0.5) is 0 Å². The van der Waals surface area contributed by atoms with Crippen LogP contribution in [0.25, 0.3) is 0 Å². The minimum Gasteiger partial charge on any atom is -0.294 e. The molecule has 0 radical (unpaired) electrons. The average molecular weight is 226 g/mol. The number of fused-ring (bicyclic) bond motifs is 1. The highest BCUT2D eigenvalue weighted by molar-refractivity contribution is 6.18. The molecule has 3 atom stereocenters. The van der Waals surface area contributed by atoms with E-state index in [1.165, 1.54) is 0 Å². The van der Waals surface area contributed by atoms with Crippen LogP contribution in [-0.2, 0) is 0 Å². The van der Waals surface area contributed by atoms with Crippen LogP contribution in [-0.4, -0.2) is 11.6 Å². The number of carbonyl (C=O) groups excluding carboxylic acids is 2. The van der Waals surface area contributed by atoms with E-state index in [9.17, 15) is 9.59 Å². The molecule has 0 aliphatic heterocycles. The van der Waals surface area contributed by atoms with Gasteiger partial charge in [-0.05, 0) is 25.2 Å². The van der Waals surface area contributed by atoms with E-state index in [0.717, 1.165) is 25.7 Å². The Morgan fingerprint density at radius 3 is 2.65 bits per heavy atom. The van der Waals surface area contributed by atoms with E-state index in [4.69, 9.17) is 0 Å². The van der Waals surface area contributed by atoms with Crippen molar-refractivity contribution in [3.63, 3.8) is 0 Å². The Bertz CT molecular complexity index is 546. The van der Waals surface area contributed by atoms with Crippen molar-refractivity contribution < 1.29 is 9.59 Å². The van der Waals surface area contributed by atoms with Gasteiger partial charge in [0.15, 0.2) is 11.6 Å². The zero-order valence-corrected chi connectivity index (χ0v) is 9.61. The van der Waals surface area contributed by atoms with Crippen molar-refractivity contribution in [2.45, 2.75) is 25.7 Å². The van der Waals surface area contributed by atoms with Gasteiger partial charge in [0.1, 0.15) is 0 Å². The molecule has 0 saturated heterocycles. The summed E-state index contributed by atoms with van der Waals surface area (Å²) in [4.78, 5) is 25.1. The second-order valence-corrected chi connectivity index (χ2v) is 5.66. The molecule has 86 valence electrons. The lowest BCUT2D eigenvalue weighted by Crippen LogP contribution is -2.57. The third kappa shape index (κ3) is 0.899. The minimum absolute atomic E-state index is 0.00241. The number of hydrogen-bond donors (Lipinski definition) is 0. The molecule has 2 saturated carbocycles. The van der Waals surface area contributed by atoms with E-state index in [2.05, 4.69) is 0 Å². The molecule has 0 heterocycles. The fraction of sp³-hybridized carbons (Fsp3) is 0.467. The largest absolute Gasteiger partial charge is 0.294 e. The van der Waals surface area contributed by atoms with Crippen molar-refractivity contribution in [2.75, 3.05) is 0 Å². The minimum atomic E-state index is -0.286. The number of carbonyl (C=O) groups is 2. The predicted molar refractivity (Wildman–Crippen MR) is 63.0 cm³/mol. The van der Waals surface area contributed by atoms with Gasteiger partial charge in [-0.1, -0.05) is 30.7 Å². The topological polar surface area (TPSA) is 34.1 Å². The summed E-state index contributed by atoms with van der Waals surface area (Å²) in [5.41, 5.74) is 1.06. The van der Waals surface area contributed by atoms with Crippen LogP contribution in [0, 0.1) is 17.3 Å². The molecular formula is C15H14O2. The molecule has 0 aromatic heterocycles. The van der Waals surface area contributed by atoms with E-state index in [0.29, 0.717) is 17.0 Å². The smallest absolute Gasteiger partial charge is 0.170 e. The molecule has 3 aliphatic carbocycles. The second kappa shape index (κ2) is 2.87. The van der Waals surface area contributed by atoms with Gasteiger partial charge in [-0.2, -0.15) is 0 Å². The van der Waals surface area contributed by atoms with Gasteiger partial charge in [0.05, 0.1) is 0 Å². The van der Waals surface area contributed by atoms with E-state index < -0.39 is 0 Å². The quantitative estimate of drug-likeness (QED) is 0.681. The maximum Gasteiger partial charge on any atom is 0.170 e. The molecule has 2 fully saturated rings. The summed E-state index contributed by atoms with van der Waals surface area (Å²) in [6.45, 7) is 0. The Labute approximate surface area is 100 Å². The fourth-order valence-corrected chi connectivity index (χ4v) is 4.36. The van der Waals surface area contributed by atoms with Gasteiger partial charge in [0, 0.05) is 22.5 Å². The van der Waals surface area contributed by atoms with Crippen molar-refractivity contribution in [3.8, 4) is 0 Å². The Morgan fingerprint density at radius 1 is 1.12 bits per heavy atom. The van der Waals surface area contributed by atoms with Crippen LogP contribution in [0.1, 0.15) is 46.4 Å². The second-order valence-electron chi connectivity index (χ2n) is 5.66. The Kier molecular flexibility index (Phi) is 1.61. The first-order valence-electron chi connectivity index (χ1n) is 6.43. The summed E-state index contributed by atoms with van der Waals surface area (Å²) in [6, 6.07) is 7.36. The zero-order chi connectivity index (χ0) is 11.6. The van der Waals surface area contributed by atoms with Crippen LogP contribution >= 0.6 is 0 Å². The van der Waals surface area contributed by atoms with Gasteiger partial charge in [-0.3, -0.25) is 9.59 Å². The molecule has 4 rings (SSSR count). The van der Waals surface area contributed by atoms with Crippen LogP contribution in [0.3, 0.4) is 0 Å². The van der Waals surface area contributed by atoms with Crippen LogP contribution in [0.2, 0.25) is 0 Å². The van der Waals surface area contributed by atoms with Gasteiger partial charge in [0.25, 0.3) is 0 Å². The lowest BCUT2D eigenvalue weighted by molar-refractivity contribution is -0.00475. The fourth-order valence-electron chi connectivity index (χ4n) is 4.36. The van der Waals surface area contributed by atoms with Gasteiger partial charge in [0.2, 0.25) is 0 Å². The number of ketones is 2.